The molecule has 3 atom stereocenters. The van der Waals surface area contributed by atoms with E-state index in [2.05, 4.69) is 11.5 Å². The van der Waals surface area contributed by atoms with E-state index in [0.717, 1.165) is 12.1 Å². The molecule has 0 saturated heterocycles. The topological polar surface area (TPSA) is 54.8 Å². The molecule has 1 aliphatic carbocycles. The second-order valence-electron chi connectivity index (χ2n) is 6.91. The fourth-order valence-corrected chi connectivity index (χ4v) is 3.05. The van der Waals surface area contributed by atoms with Gasteiger partial charge in [0.15, 0.2) is 0 Å². The zero-order valence-corrected chi connectivity index (χ0v) is 14.1. The Hall–Kier alpha value is -1.82. The molecule has 1 aromatic heterocycles. The smallest absolute Gasteiger partial charge is 0.248 e. The Labute approximate surface area is 137 Å². The number of nitrogens with zero attached hydrogens (tertiary/aromatic N) is 3. The van der Waals surface area contributed by atoms with Crippen LogP contribution in [0.3, 0.4) is 0 Å². The van der Waals surface area contributed by atoms with Crippen molar-refractivity contribution in [1.82, 2.24) is 14.4 Å². The number of fused-ring (bicyclic) bond motifs is 1. The van der Waals surface area contributed by atoms with Gasteiger partial charge in [0.2, 0.25) is 11.8 Å². The van der Waals surface area contributed by atoms with E-state index in [1.165, 1.54) is 4.90 Å². The molecule has 3 unspecified atom stereocenters. The van der Waals surface area contributed by atoms with E-state index in [1.807, 2.05) is 23.2 Å². The number of aromatic nitrogens is 1. The molecule has 1 aliphatic heterocycles. The van der Waals surface area contributed by atoms with Crippen LogP contribution in [-0.2, 0) is 27.4 Å². The van der Waals surface area contributed by atoms with E-state index < -0.39 is 0 Å². The number of rotatable bonds is 4. The average molecular weight is 319 g/mol. The summed E-state index contributed by atoms with van der Waals surface area (Å²) in [6.07, 6.45) is 2.83. The normalized spacial score (nSPS) is 26.4. The van der Waals surface area contributed by atoms with E-state index in [4.69, 9.17) is 4.74 Å². The lowest BCUT2D eigenvalue weighted by Gasteiger charge is -2.25. The minimum atomic E-state index is -0.162. The molecule has 6 nitrogen and oxygen atoms in total. The van der Waals surface area contributed by atoms with Crippen LogP contribution in [0.5, 0.6) is 0 Å². The molecule has 2 aliphatic rings. The van der Waals surface area contributed by atoms with Crippen molar-refractivity contribution in [2.45, 2.75) is 32.5 Å². The maximum absolute atomic E-state index is 12.6. The lowest BCUT2D eigenvalue weighted by atomic mass is 10.2. The number of carbonyl (C=O) groups excluding carboxylic acids is 2. The Bertz CT molecular complexity index is 596. The van der Waals surface area contributed by atoms with Gasteiger partial charge in [0.1, 0.15) is 6.61 Å². The Morgan fingerprint density at radius 2 is 2.09 bits per heavy atom. The van der Waals surface area contributed by atoms with E-state index in [-0.39, 0.29) is 30.4 Å². The first-order valence-electron chi connectivity index (χ1n) is 8.20. The number of likely N-dealkylation sites (N-methyl/N-ethyl adjacent to an activating group) is 1. The zero-order valence-electron chi connectivity index (χ0n) is 14.1. The third kappa shape index (κ3) is 3.58. The molecule has 126 valence electrons. The minimum absolute atomic E-state index is 0.0517. The van der Waals surface area contributed by atoms with Gasteiger partial charge >= 0.3 is 0 Å². The summed E-state index contributed by atoms with van der Waals surface area (Å²) in [5, 5.41) is 0. The Morgan fingerprint density at radius 3 is 2.74 bits per heavy atom. The third-order valence-electron chi connectivity index (χ3n) is 4.78. The lowest BCUT2D eigenvalue weighted by molar-refractivity contribution is -0.139. The highest BCUT2D eigenvalue weighted by molar-refractivity contribution is 5.81. The van der Waals surface area contributed by atoms with Crippen LogP contribution in [0.4, 0.5) is 0 Å². The van der Waals surface area contributed by atoms with E-state index in [1.54, 1.807) is 14.1 Å². The average Bonchev–Trinajstić information content (AvgIpc) is 3.14. The number of hydrogen-bond donors (Lipinski definition) is 0. The van der Waals surface area contributed by atoms with Gasteiger partial charge in [-0.2, -0.15) is 0 Å². The van der Waals surface area contributed by atoms with Gasteiger partial charge in [0.25, 0.3) is 0 Å². The Kier molecular flexibility index (Phi) is 4.43. The van der Waals surface area contributed by atoms with Gasteiger partial charge in [-0.05, 0) is 24.5 Å². The van der Waals surface area contributed by atoms with E-state index in [9.17, 15) is 9.59 Å². The minimum Gasteiger partial charge on any atom is -0.365 e. The second kappa shape index (κ2) is 6.35. The molecule has 6 heteroatoms. The van der Waals surface area contributed by atoms with Gasteiger partial charge in [-0.1, -0.05) is 6.92 Å². The van der Waals surface area contributed by atoms with Crippen LogP contribution < -0.4 is 0 Å². The van der Waals surface area contributed by atoms with Crippen molar-refractivity contribution in [3.63, 3.8) is 0 Å². The molecular formula is C17H25N3O3. The maximum atomic E-state index is 12.6. The van der Waals surface area contributed by atoms with Crippen LogP contribution in [0, 0.1) is 11.8 Å². The first-order valence-corrected chi connectivity index (χ1v) is 8.20. The van der Waals surface area contributed by atoms with Crippen molar-refractivity contribution >= 4 is 11.8 Å². The number of hydrogen-bond acceptors (Lipinski definition) is 3. The molecule has 0 radical (unpaired) electrons. The quantitative estimate of drug-likeness (QED) is 0.831. The van der Waals surface area contributed by atoms with E-state index >= 15 is 0 Å². The van der Waals surface area contributed by atoms with Gasteiger partial charge in [0, 0.05) is 38.4 Å². The first kappa shape index (κ1) is 16.1. The highest BCUT2D eigenvalue weighted by atomic mass is 16.5. The predicted octanol–water partition coefficient (Wildman–Crippen LogP) is 0.960. The Morgan fingerprint density at radius 1 is 1.35 bits per heavy atom. The summed E-state index contributed by atoms with van der Waals surface area (Å²) < 4.78 is 7.93. The second-order valence-corrected chi connectivity index (χ2v) is 6.91. The SMILES string of the molecule is CC1CC1C(=O)N1Cc2cccn2CC(OCC(=O)N(C)C)C1. The molecule has 1 fully saturated rings. The van der Waals surface area contributed by atoms with E-state index in [0.29, 0.717) is 25.6 Å². The van der Waals surface area contributed by atoms with Gasteiger partial charge in [0.05, 0.1) is 19.2 Å². The number of carbonyl (C=O) groups is 2. The molecule has 1 aromatic rings. The fourth-order valence-electron chi connectivity index (χ4n) is 3.05. The number of ether oxygens (including phenoxy) is 1. The summed E-state index contributed by atoms with van der Waals surface area (Å²) in [7, 11) is 3.43. The van der Waals surface area contributed by atoms with Crippen molar-refractivity contribution in [3.05, 3.63) is 24.0 Å². The predicted molar refractivity (Wildman–Crippen MR) is 85.6 cm³/mol. The van der Waals surface area contributed by atoms with Gasteiger partial charge in [-0.3, -0.25) is 9.59 Å². The van der Waals surface area contributed by atoms with Crippen molar-refractivity contribution in [3.8, 4) is 0 Å². The largest absolute Gasteiger partial charge is 0.365 e. The summed E-state index contributed by atoms with van der Waals surface area (Å²) in [5.41, 5.74) is 1.12. The lowest BCUT2D eigenvalue weighted by Crippen LogP contribution is -2.39. The van der Waals surface area contributed by atoms with Crippen LogP contribution in [0.1, 0.15) is 19.0 Å². The molecule has 2 heterocycles. The van der Waals surface area contributed by atoms with Crippen molar-refractivity contribution < 1.29 is 14.3 Å². The van der Waals surface area contributed by atoms with Crippen LogP contribution >= 0.6 is 0 Å². The standard InChI is InChI=1S/C17H25N3O3/c1-12-7-15(12)17(22)20-8-13-5-4-6-19(13)9-14(10-20)23-11-16(21)18(2)3/h4-6,12,14-15H,7-11H2,1-3H3. The van der Waals surface area contributed by atoms with Crippen LogP contribution in [0.2, 0.25) is 0 Å². The fraction of sp³-hybridized carbons (Fsp3) is 0.647. The van der Waals surface area contributed by atoms with Gasteiger partial charge in [-0.25, -0.2) is 0 Å². The van der Waals surface area contributed by atoms with Crippen LogP contribution in [0.25, 0.3) is 0 Å². The molecule has 0 aromatic carbocycles. The summed E-state index contributed by atoms with van der Waals surface area (Å²) in [6, 6.07) is 4.04. The molecule has 0 spiro atoms. The molecule has 1 saturated carbocycles. The molecule has 23 heavy (non-hydrogen) atoms. The van der Waals surface area contributed by atoms with Crippen molar-refractivity contribution in [2.75, 3.05) is 27.2 Å². The summed E-state index contributed by atoms with van der Waals surface area (Å²) in [6.45, 7) is 4.01. The van der Waals surface area contributed by atoms with Crippen LogP contribution in [-0.4, -0.2) is 59.5 Å². The highest BCUT2D eigenvalue weighted by Crippen LogP contribution is 2.39. The van der Waals surface area contributed by atoms with Crippen molar-refractivity contribution in [1.29, 1.82) is 0 Å². The molecular weight excluding hydrogens is 294 g/mol. The summed E-state index contributed by atoms with van der Waals surface area (Å²) in [4.78, 5) is 27.8. The first-order chi connectivity index (χ1) is 11.0. The molecule has 0 bridgehead atoms. The highest BCUT2D eigenvalue weighted by Gasteiger charge is 2.42. The van der Waals surface area contributed by atoms with Crippen LogP contribution in [0.15, 0.2) is 18.3 Å². The zero-order chi connectivity index (χ0) is 16.6. The van der Waals surface area contributed by atoms with Gasteiger partial charge < -0.3 is 19.1 Å². The van der Waals surface area contributed by atoms with Gasteiger partial charge in [-0.15, -0.1) is 0 Å². The maximum Gasteiger partial charge on any atom is 0.248 e. The molecule has 0 N–H and O–H groups in total. The Balaban J connectivity index is 1.70. The summed E-state index contributed by atoms with van der Waals surface area (Å²) >= 11 is 0. The van der Waals surface area contributed by atoms with Crippen molar-refractivity contribution in [2.24, 2.45) is 11.8 Å². The third-order valence-corrected chi connectivity index (χ3v) is 4.78. The molecule has 3 rings (SSSR count). The number of amides is 2. The summed E-state index contributed by atoms with van der Waals surface area (Å²) in [5.74, 6) is 0.822. The monoisotopic (exact) mass is 319 g/mol. The molecule has 2 amide bonds.